The lowest BCUT2D eigenvalue weighted by Crippen LogP contribution is -2.14. The smallest absolute Gasteiger partial charge is 0.156 e. The molecule has 0 radical (unpaired) electrons. The van der Waals surface area contributed by atoms with Gasteiger partial charge in [0.05, 0.1) is 24.6 Å². The van der Waals surface area contributed by atoms with Gasteiger partial charge in [0, 0.05) is 0 Å². The maximum atomic E-state index is 8.71. The molecule has 0 amide bonds. The van der Waals surface area contributed by atoms with Crippen molar-refractivity contribution in [3.8, 4) is 18.2 Å². The second-order valence-corrected chi connectivity index (χ2v) is 2.74. The molecule has 0 aliphatic carbocycles. The molecule has 0 fully saturated rings. The summed E-state index contributed by atoms with van der Waals surface area (Å²) >= 11 is 0. The van der Waals surface area contributed by atoms with Gasteiger partial charge in [0.25, 0.3) is 0 Å². The highest BCUT2D eigenvalue weighted by atomic mass is 14.4. The molecule has 0 atom stereocenters. The zero-order valence-corrected chi connectivity index (χ0v) is 7.17. The molecule has 0 saturated carbocycles. The predicted molar refractivity (Wildman–Crippen MR) is 43.4 cm³/mol. The van der Waals surface area contributed by atoms with Crippen molar-refractivity contribution in [1.82, 2.24) is 0 Å². The molecule has 0 bridgehead atoms. The zero-order valence-electron chi connectivity index (χ0n) is 7.17. The van der Waals surface area contributed by atoms with Gasteiger partial charge in [-0.1, -0.05) is 19.8 Å². The van der Waals surface area contributed by atoms with E-state index in [0.717, 1.165) is 12.8 Å². The average molecular weight is 161 g/mol. The van der Waals surface area contributed by atoms with Crippen LogP contribution in [0.1, 0.15) is 32.6 Å². The molecule has 0 aromatic rings. The fourth-order valence-electron chi connectivity index (χ4n) is 0.918. The summed E-state index contributed by atoms with van der Waals surface area (Å²) in [6.45, 7) is 1.99. The van der Waals surface area contributed by atoms with E-state index >= 15 is 0 Å². The second kappa shape index (κ2) is 5.16. The first-order valence-electron chi connectivity index (χ1n) is 3.94. The van der Waals surface area contributed by atoms with E-state index < -0.39 is 5.41 Å². The highest BCUT2D eigenvalue weighted by molar-refractivity contribution is 5.16. The third kappa shape index (κ3) is 2.60. The Morgan fingerprint density at radius 3 is 2.08 bits per heavy atom. The van der Waals surface area contributed by atoms with Crippen molar-refractivity contribution in [2.24, 2.45) is 5.41 Å². The van der Waals surface area contributed by atoms with Crippen LogP contribution in [0.25, 0.3) is 0 Å². The molecule has 0 spiro atoms. The molecule has 0 aromatic carbocycles. The Morgan fingerprint density at radius 1 is 1.17 bits per heavy atom. The van der Waals surface area contributed by atoms with Crippen molar-refractivity contribution in [3.05, 3.63) is 0 Å². The van der Waals surface area contributed by atoms with Crippen LogP contribution in [-0.4, -0.2) is 0 Å². The Balaban J connectivity index is 4.33. The molecule has 0 rings (SSSR count). The zero-order chi connectivity index (χ0) is 9.45. The number of nitriles is 3. The van der Waals surface area contributed by atoms with E-state index in [-0.39, 0.29) is 6.42 Å². The van der Waals surface area contributed by atoms with Crippen molar-refractivity contribution in [3.63, 3.8) is 0 Å². The minimum Gasteiger partial charge on any atom is -0.198 e. The Labute approximate surface area is 72.8 Å². The molecule has 0 N–H and O–H groups in total. The van der Waals surface area contributed by atoms with Crippen molar-refractivity contribution < 1.29 is 0 Å². The van der Waals surface area contributed by atoms with Gasteiger partial charge in [-0.3, -0.25) is 0 Å². The molecule has 3 nitrogen and oxygen atoms in total. The van der Waals surface area contributed by atoms with E-state index in [1.165, 1.54) is 0 Å². The summed E-state index contributed by atoms with van der Waals surface area (Å²) < 4.78 is 0. The van der Waals surface area contributed by atoms with E-state index in [4.69, 9.17) is 15.8 Å². The van der Waals surface area contributed by atoms with Crippen LogP contribution in [0.4, 0.5) is 0 Å². The van der Waals surface area contributed by atoms with Crippen molar-refractivity contribution >= 4 is 0 Å². The van der Waals surface area contributed by atoms with E-state index in [2.05, 4.69) is 0 Å². The van der Waals surface area contributed by atoms with Crippen molar-refractivity contribution in [2.75, 3.05) is 0 Å². The van der Waals surface area contributed by atoms with Gasteiger partial charge in [-0.05, 0) is 6.42 Å². The summed E-state index contributed by atoms with van der Waals surface area (Å²) in [5, 5.41) is 25.8. The molecular weight excluding hydrogens is 150 g/mol. The van der Waals surface area contributed by atoms with Gasteiger partial charge in [0.15, 0.2) is 5.41 Å². The second-order valence-electron chi connectivity index (χ2n) is 2.74. The van der Waals surface area contributed by atoms with Crippen LogP contribution in [0.2, 0.25) is 0 Å². The summed E-state index contributed by atoms with van der Waals surface area (Å²) in [5.74, 6) is 0. The highest BCUT2D eigenvalue weighted by Crippen LogP contribution is 2.26. The number of hydrogen-bond donors (Lipinski definition) is 0. The van der Waals surface area contributed by atoms with E-state index in [0.29, 0.717) is 6.42 Å². The van der Waals surface area contributed by atoms with Crippen LogP contribution < -0.4 is 0 Å². The molecule has 0 aromatic heterocycles. The fourth-order valence-corrected chi connectivity index (χ4v) is 0.918. The SMILES string of the molecule is CCCCC(C#N)(C#N)CC#N. The number of rotatable bonds is 4. The normalized spacial score (nSPS) is 9.50. The molecule has 0 aliphatic rings. The molecule has 12 heavy (non-hydrogen) atoms. The van der Waals surface area contributed by atoms with Crippen molar-refractivity contribution in [2.45, 2.75) is 32.6 Å². The Kier molecular flexibility index (Phi) is 4.51. The number of nitrogens with zero attached hydrogens (tertiary/aromatic N) is 3. The van der Waals surface area contributed by atoms with Crippen LogP contribution >= 0.6 is 0 Å². The van der Waals surface area contributed by atoms with Crippen LogP contribution in [0, 0.1) is 39.4 Å². The first-order chi connectivity index (χ1) is 5.74. The van der Waals surface area contributed by atoms with Gasteiger partial charge in [0.2, 0.25) is 0 Å². The molecule has 62 valence electrons. The van der Waals surface area contributed by atoms with Gasteiger partial charge in [-0.25, -0.2) is 0 Å². The topological polar surface area (TPSA) is 71.4 Å². The lowest BCUT2D eigenvalue weighted by Gasteiger charge is -2.12. The number of hydrogen-bond acceptors (Lipinski definition) is 3. The van der Waals surface area contributed by atoms with Gasteiger partial charge < -0.3 is 0 Å². The van der Waals surface area contributed by atoms with Crippen LogP contribution in [-0.2, 0) is 0 Å². The Morgan fingerprint density at radius 2 is 1.75 bits per heavy atom. The molecule has 0 saturated heterocycles. The van der Waals surface area contributed by atoms with E-state index in [9.17, 15) is 0 Å². The maximum absolute atomic E-state index is 8.71. The Bertz CT molecular complexity index is 234. The predicted octanol–water partition coefficient (Wildman–Crippen LogP) is 2.12. The lowest BCUT2D eigenvalue weighted by atomic mass is 9.83. The first kappa shape index (κ1) is 10.5. The summed E-state index contributed by atoms with van der Waals surface area (Å²) in [4.78, 5) is 0. The third-order valence-electron chi connectivity index (χ3n) is 1.77. The first-order valence-corrected chi connectivity index (χ1v) is 3.94. The Hall–Kier alpha value is -1.53. The minimum absolute atomic E-state index is 0.0139. The largest absolute Gasteiger partial charge is 0.198 e. The molecule has 0 heterocycles. The van der Waals surface area contributed by atoms with Gasteiger partial charge in [-0.15, -0.1) is 0 Å². The van der Waals surface area contributed by atoms with Crippen LogP contribution in [0.15, 0.2) is 0 Å². The summed E-state index contributed by atoms with van der Waals surface area (Å²) in [6.07, 6.45) is 2.28. The molecular formula is C9H11N3. The third-order valence-corrected chi connectivity index (χ3v) is 1.77. The fraction of sp³-hybridized carbons (Fsp3) is 0.667. The van der Waals surface area contributed by atoms with E-state index in [1.54, 1.807) is 0 Å². The maximum Gasteiger partial charge on any atom is 0.156 e. The van der Waals surface area contributed by atoms with Gasteiger partial charge in [-0.2, -0.15) is 15.8 Å². The minimum atomic E-state index is -1.06. The quantitative estimate of drug-likeness (QED) is 0.634. The number of unbranched alkanes of at least 4 members (excludes halogenated alkanes) is 1. The van der Waals surface area contributed by atoms with E-state index in [1.807, 2.05) is 25.1 Å². The standard InChI is InChI=1S/C9H11N3/c1-2-3-4-9(7-11,8-12)5-6-10/h2-5H2,1H3. The molecule has 0 unspecified atom stereocenters. The van der Waals surface area contributed by atoms with Gasteiger partial charge >= 0.3 is 0 Å². The van der Waals surface area contributed by atoms with Crippen molar-refractivity contribution in [1.29, 1.82) is 15.8 Å². The lowest BCUT2D eigenvalue weighted by molar-refractivity contribution is 0.465. The molecule has 0 aliphatic heterocycles. The summed E-state index contributed by atoms with van der Waals surface area (Å²) in [7, 11) is 0. The van der Waals surface area contributed by atoms with Crippen LogP contribution in [0.5, 0.6) is 0 Å². The van der Waals surface area contributed by atoms with Gasteiger partial charge in [0.1, 0.15) is 0 Å². The summed E-state index contributed by atoms with van der Waals surface area (Å²) in [6, 6.07) is 5.71. The average Bonchev–Trinajstić information content (AvgIpc) is 2.13. The summed E-state index contributed by atoms with van der Waals surface area (Å²) in [5.41, 5.74) is -1.06. The molecule has 3 heteroatoms. The monoisotopic (exact) mass is 161 g/mol. The van der Waals surface area contributed by atoms with Crippen LogP contribution in [0.3, 0.4) is 0 Å². The highest BCUT2D eigenvalue weighted by Gasteiger charge is 2.28.